The molecular weight excluding hydrogens is 256 g/mol. The van der Waals surface area contributed by atoms with Gasteiger partial charge in [-0.2, -0.15) is 11.8 Å². The van der Waals surface area contributed by atoms with E-state index in [2.05, 4.69) is 17.1 Å². The lowest BCUT2D eigenvalue weighted by Crippen LogP contribution is -2.53. The molecule has 2 heterocycles. The molecule has 0 bridgehead atoms. The van der Waals surface area contributed by atoms with Crippen LogP contribution in [0.1, 0.15) is 39.0 Å². The molecule has 19 heavy (non-hydrogen) atoms. The summed E-state index contributed by atoms with van der Waals surface area (Å²) < 4.78 is 0. The Morgan fingerprint density at radius 3 is 3.21 bits per heavy atom. The Balaban J connectivity index is 1.74. The first-order valence-corrected chi connectivity index (χ1v) is 8.93. The summed E-state index contributed by atoms with van der Waals surface area (Å²) in [4.78, 5) is 15.3. The molecule has 3 atom stereocenters. The van der Waals surface area contributed by atoms with Gasteiger partial charge in [-0.25, -0.2) is 0 Å². The molecule has 4 heteroatoms. The largest absolute Gasteiger partial charge is 0.340 e. The molecule has 0 aromatic carbocycles. The molecule has 3 aliphatic rings. The van der Waals surface area contributed by atoms with Crippen LogP contribution in [0.3, 0.4) is 0 Å². The highest BCUT2D eigenvalue weighted by Gasteiger charge is 2.51. The minimum atomic E-state index is -0.0431. The summed E-state index contributed by atoms with van der Waals surface area (Å²) in [6, 6.07) is 0. The average molecular weight is 282 g/mol. The van der Waals surface area contributed by atoms with E-state index in [4.69, 9.17) is 0 Å². The number of nitrogens with one attached hydrogen (secondary N) is 1. The number of nitrogens with zero attached hydrogens (tertiary/aromatic N) is 1. The first kappa shape index (κ1) is 13.7. The third kappa shape index (κ3) is 2.42. The Labute approximate surface area is 120 Å². The molecule has 0 aromatic rings. The topological polar surface area (TPSA) is 32.3 Å². The van der Waals surface area contributed by atoms with Gasteiger partial charge in [0.25, 0.3) is 0 Å². The SMILES string of the molecule is CCC1CN(C(=O)[C@@]23CCCC[C@H]2CNC3)CCS1. The van der Waals surface area contributed by atoms with Crippen molar-refractivity contribution in [1.29, 1.82) is 0 Å². The maximum absolute atomic E-state index is 13.1. The molecule has 0 aromatic heterocycles. The van der Waals surface area contributed by atoms with Gasteiger partial charge in [0.15, 0.2) is 0 Å². The molecular formula is C15H26N2OS. The van der Waals surface area contributed by atoms with Crippen LogP contribution < -0.4 is 5.32 Å². The number of fused-ring (bicyclic) bond motifs is 1. The highest BCUT2D eigenvalue weighted by Crippen LogP contribution is 2.45. The number of carbonyl (C=O) groups is 1. The Hall–Kier alpha value is -0.220. The van der Waals surface area contributed by atoms with Crippen molar-refractivity contribution in [2.24, 2.45) is 11.3 Å². The lowest BCUT2D eigenvalue weighted by atomic mass is 9.67. The van der Waals surface area contributed by atoms with Crippen molar-refractivity contribution in [2.45, 2.75) is 44.3 Å². The second-order valence-corrected chi connectivity index (χ2v) is 7.79. The third-order valence-corrected chi connectivity index (χ3v) is 6.72. The molecule has 0 spiro atoms. The number of amides is 1. The fourth-order valence-electron chi connectivity index (χ4n) is 4.13. The number of rotatable bonds is 2. The summed E-state index contributed by atoms with van der Waals surface area (Å²) in [6.07, 6.45) is 6.10. The number of hydrogen-bond acceptors (Lipinski definition) is 3. The Morgan fingerprint density at radius 2 is 2.37 bits per heavy atom. The van der Waals surface area contributed by atoms with Crippen LogP contribution in [-0.2, 0) is 4.79 Å². The number of hydrogen-bond donors (Lipinski definition) is 1. The summed E-state index contributed by atoms with van der Waals surface area (Å²) in [5.74, 6) is 2.20. The fraction of sp³-hybridized carbons (Fsp3) is 0.933. The van der Waals surface area contributed by atoms with Gasteiger partial charge in [-0.3, -0.25) is 4.79 Å². The maximum Gasteiger partial charge on any atom is 0.230 e. The van der Waals surface area contributed by atoms with Crippen molar-refractivity contribution >= 4 is 17.7 Å². The van der Waals surface area contributed by atoms with Crippen LogP contribution in [0, 0.1) is 11.3 Å². The van der Waals surface area contributed by atoms with Crippen LogP contribution in [0.5, 0.6) is 0 Å². The van der Waals surface area contributed by atoms with Crippen molar-refractivity contribution in [3.63, 3.8) is 0 Å². The molecule has 0 radical (unpaired) electrons. The van der Waals surface area contributed by atoms with Gasteiger partial charge in [-0.05, 0) is 31.7 Å². The Morgan fingerprint density at radius 1 is 1.47 bits per heavy atom. The van der Waals surface area contributed by atoms with Crippen molar-refractivity contribution in [1.82, 2.24) is 10.2 Å². The molecule has 1 saturated carbocycles. The summed E-state index contributed by atoms with van der Waals surface area (Å²) in [6.45, 7) is 6.18. The van der Waals surface area contributed by atoms with E-state index >= 15 is 0 Å². The van der Waals surface area contributed by atoms with Gasteiger partial charge < -0.3 is 10.2 Å². The molecule has 1 aliphatic carbocycles. The molecule has 3 nitrogen and oxygen atoms in total. The van der Waals surface area contributed by atoms with Crippen LogP contribution in [0.25, 0.3) is 0 Å². The minimum absolute atomic E-state index is 0.0431. The zero-order valence-electron chi connectivity index (χ0n) is 12.0. The quantitative estimate of drug-likeness (QED) is 0.842. The standard InChI is InChI=1S/C15H26N2OS/c1-2-13-10-17(7-8-19-13)14(18)15-6-4-3-5-12(15)9-16-11-15/h12-13,16H,2-11H2,1H3/t12-,13?,15+/m0/s1. The van der Waals surface area contributed by atoms with Gasteiger partial charge in [0.2, 0.25) is 5.91 Å². The van der Waals surface area contributed by atoms with Crippen LogP contribution in [-0.4, -0.2) is 48.0 Å². The lowest BCUT2D eigenvalue weighted by molar-refractivity contribution is -0.145. The van der Waals surface area contributed by atoms with Crippen molar-refractivity contribution in [3.05, 3.63) is 0 Å². The summed E-state index contributed by atoms with van der Waals surface area (Å²) >= 11 is 2.04. The van der Waals surface area contributed by atoms with Crippen LogP contribution in [0.2, 0.25) is 0 Å². The van der Waals surface area contributed by atoms with E-state index in [9.17, 15) is 4.79 Å². The normalized spacial score (nSPS) is 39.1. The summed E-state index contributed by atoms with van der Waals surface area (Å²) in [5, 5.41) is 4.16. The maximum atomic E-state index is 13.1. The van der Waals surface area contributed by atoms with Gasteiger partial charge in [0, 0.05) is 30.6 Å². The van der Waals surface area contributed by atoms with E-state index in [0.717, 1.165) is 38.4 Å². The first-order chi connectivity index (χ1) is 9.26. The molecule has 1 N–H and O–H groups in total. The highest BCUT2D eigenvalue weighted by atomic mass is 32.2. The van der Waals surface area contributed by atoms with Gasteiger partial charge in [0.1, 0.15) is 0 Å². The van der Waals surface area contributed by atoms with Crippen LogP contribution in [0.4, 0.5) is 0 Å². The van der Waals surface area contributed by atoms with Crippen LogP contribution in [0.15, 0.2) is 0 Å². The predicted molar refractivity (Wildman–Crippen MR) is 80.4 cm³/mol. The minimum Gasteiger partial charge on any atom is -0.340 e. The van der Waals surface area contributed by atoms with Crippen molar-refractivity contribution < 1.29 is 4.79 Å². The highest BCUT2D eigenvalue weighted by molar-refractivity contribution is 8.00. The number of carbonyl (C=O) groups excluding carboxylic acids is 1. The lowest BCUT2D eigenvalue weighted by Gasteiger charge is -2.43. The summed E-state index contributed by atoms with van der Waals surface area (Å²) in [7, 11) is 0. The molecule has 1 amide bonds. The monoisotopic (exact) mass is 282 g/mol. The van der Waals surface area contributed by atoms with E-state index in [-0.39, 0.29) is 5.41 Å². The van der Waals surface area contributed by atoms with Crippen molar-refractivity contribution in [3.8, 4) is 0 Å². The second kappa shape index (κ2) is 5.65. The third-order valence-electron chi connectivity index (χ3n) is 5.35. The van der Waals surface area contributed by atoms with E-state index in [0.29, 0.717) is 17.1 Å². The average Bonchev–Trinajstić information content (AvgIpc) is 2.91. The van der Waals surface area contributed by atoms with Gasteiger partial charge in [0.05, 0.1) is 5.41 Å². The number of thioether (sulfide) groups is 1. The zero-order valence-corrected chi connectivity index (χ0v) is 12.8. The molecule has 1 unspecified atom stereocenters. The van der Waals surface area contributed by atoms with Gasteiger partial charge in [-0.15, -0.1) is 0 Å². The molecule has 108 valence electrons. The van der Waals surface area contributed by atoms with E-state index in [1.165, 1.54) is 25.7 Å². The zero-order chi connectivity index (χ0) is 13.3. The van der Waals surface area contributed by atoms with Gasteiger partial charge in [-0.1, -0.05) is 19.8 Å². The Bertz CT molecular complexity index is 349. The fourth-order valence-corrected chi connectivity index (χ4v) is 5.31. The predicted octanol–water partition coefficient (Wildman–Crippen LogP) is 2.12. The van der Waals surface area contributed by atoms with Crippen LogP contribution >= 0.6 is 11.8 Å². The van der Waals surface area contributed by atoms with E-state index < -0.39 is 0 Å². The van der Waals surface area contributed by atoms with E-state index in [1.54, 1.807) is 0 Å². The molecule has 3 fully saturated rings. The molecule has 2 aliphatic heterocycles. The second-order valence-electron chi connectivity index (χ2n) is 6.38. The smallest absolute Gasteiger partial charge is 0.230 e. The first-order valence-electron chi connectivity index (χ1n) is 7.88. The Kier molecular flexibility index (Phi) is 4.08. The molecule has 3 rings (SSSR count). The van der Waals surface area contributed by atoms with Gasteiger partial charge >= 0.3 is 0 Å². The molecule has 2 saturated heterocycles. The van der Waals surface area contributed by atoms with Crippen molar-refractivity contribution in [2.75, 3.05) is 31.9 Å². The summed E-state index contributed by atoms with van der Waals surface area (Å²) in [5.41, 5.74) is -0.0431. The van der Waals surface area contributed by atoms with E-state index in [1.807, 2.05) is 11.8 Å².